The Bertz CT molecular complexity index is 674. The predicted molar refractivity (Wildman–Crippen MR) is 79.9 cm³/mol. The van der Waals surface area contributed by atoms with Gasteiger partial charge in [-0.3, -0.25) is 10.1 Å². The molecule has 0 fully saturated rings. The predicted octanol–water partition coefficient (Wildman–Crippen LogP) is 3.35. The molecule has 0 N–H and O–H groups in total. The van der Waals surface area contributed by atoms with Gasteiger partial charge in [-0.15, -0.1) is 0 Å². The number of methoxy groups -OCH3 is 1. The number of nitrogens with zero attached hydrogens (tertiary/aromatic N) is 1. The molecule has 2 aromatic carbocycles. The Morgan fingerprint density at radius 2 is 1.62 bits per heavy atom. The van der Waals surface area contributed by atoms with E-state index in [2.05, 4.69) is 0 Å². The smallest absolute Gasteiger partial charge is 0.363 e. The van der Waals surface area contributed by atoms with Crippen LogP contribution < -0.4 is 14.2 Å². The number of hydrogen-bond donors (Lipinski definition) is 0. The van der Waals surface area contributed by atoms with E-state index in [1.807, 2.05) is 0 Å². The van der Waals surface area contributed by atoms with Crippen molar-refractivity contribution >= 4 is 23.1 Å². The molecule has 0 saturated carbocycles. The molecule has 0 aliphatic carbocycles. The van der Waals surface area contributed by atoms with Gasteiger partial charge in [-0.2, -0.15) is 0 Å². The number of ether oxygens (including phenoxy) is 3. The highest BCUT2D eigenvalue weighted by Gasteiger charge is 2.09. The number of benzene rings is 2. The third kappa shape index (κ3) is 4.15. The van der Waals surface area contributed by atoms with E-state index in [9.17, 15) is 10.1 Å². The Labute approximate surface area is 126 Å². The number of hydrogen-bond acceptors (Lipinski definition) is 6. The molecule has 2 rings (SSSR count). The van der Waals surface area contributed by atoms with Gasteiger partial charge in [0.05, 0.1) is 18.1 Å². The van der Waals surface area contributed by atoms with Crippen molar-refractivity contribution in [2.24, 2.45) is 0 Å². The molecule has 0 amide bonds. The fourth-order valence-electron chi connectivity index (χ4n) is 1.54. The molecule has 0 heterocycles. The van der Waals surface area contributed by atoms with E-state index in [1.54, 1.807) is 30.3 Å². The minimum atomic E-state index is -0.515. The molecule has 0 spiro atoms. The molecule has 0 saturated heterocycles. The summed E-state index contributed by atoms with van der Waals surface area (Å²) in [5.74, 6) is 1.30. The third-order valence-corrected chi connectivity index (χ3v) is 2.64. The number of nitro benzene ring substituents is 1. The number of non-ortho nitro benzene ring substituents is 1. The third-order valence-electron chi connectivity index (χ3n) is 2.47. The van der Waals surface area contributed by atoms with Crippen LogP contribution in [-0.2, 0) is 0 Å². The maximum absolute atomic E-state index is 10.7. The standard InChI is InChI=1S/C14H11NO5S/c1-18-11-5-3-7-13(9-11)20-14(21)19-12-6-2-4-10(8-12)15(16)17/h2-9H,1H3. The summed E-state index contributed by atoms with van der Waals surface area (Å²) in [6.45, 7) is 0. The van der Waals surface area contributed by atoms with E-state index < -0.39 is 4.92 Å². The van der Waals surface area contributed by atoms with Crippen LogP contribution in [0, 0.1) is 10.1 Å². The van der Waals surface area contributed by atoms with Gasteiger partial charge in [0.15, 0.2) is 0 Å². The van der Waals surface area contributed by atoms with Gasteiger partial charge in [0.2, 0.25) is 0 Å². The molecule has 0 radical (unpaired) electrons. The van der Waals surface area contributed by atoms with Crippen molar-refractivity contribution in [3.63, 3.8) is 0 Å². The van der Waals surface area contributed by atoms with Crippen LogP contribution in [0.5, 0.6) is 17.2 Å². The highest BCUT2D eigenvalue weighted by atomic mass is 32.1. The fraction of sp³-hybridized carbons (Fsp3) is 0.0714. The Morgan fingerprint density at radius 1 is 1.05 bits per heavy atom. The summed E-state index contributed by atoms with van der Waals surface area (Å²) in [5.41, 5.74) is -0.0864. The number of nitro groups is 1. The van der Waals surface area contributed by atoms with Crippen LogP contribution in [0.1, 0.15) is 0 Å². The molecule has 7 heteroatoms. The molecule has 0 aliphatic rings. The first kappa shape index (κ1) is 14.7. The first-order valence-corrected chi connectivity index (χ1v) is 6.27. The topological polar surface area (TPSA) is 70.8 Å². The molecular weight excluding hydrogens is 294 g/mol. The molecule has 0 aromatic heterocycles. The lowest BCUT2D eigenvalue weighted by molar-refractivity contribution is -0.384. The summed E-state index contributed by atoms with van der Waals surface area (Å²) in [4.78, 5) is 10.2. The zero-order chi connectivity index (χ0) is 15.2. The van der Waals surface area contributed by atoms with E-state index >= 15 is 0 Å². The van der Waals surface area contributed by atoms with Crippen LogP contribution in [0.25, 0.3) is 0 Å². The number of rotatable bonds is 4. The average Bonchev–Trinajstić information content (AvgIpc) is 2.47. The van der Waals surface area contributed by atoms with Crippen LogP contribution in [0.3, 0.4) is 0 Å². The second kappa shape index (κ2) is 6.67. The van der Waals surface area contributed by atoms with Crippen LogP contribution in [-0.4, -0.2) is 17.3 Å². The minimum absolute atomic E-state index is 0.0864. The summed E-state index contributed by atoms with van der Waals surface area (Å²) < 4.78 is 15.6. The zero-order valence-corrected chi connectivity index (χ0v) is 11.8. The summed E-state index contributed by atoms with van der Waals surface area (Å²) in [6, 6.07) is 12.5. The second-order valence-corrected chi connectivity index (χ2v) is 4.22. The van der Waals surface area contributed by atoms with E-state index in [0.717, 1.165) is 0 Å². The van der Waals surface area contributed by atoms with E-state index in [1.165, 1.54) is 25.3 Å². The number of thiocarbonyl (C=S) groups is 1. The first-order chi connectivity index (χ1) is 10.1. The fourth-order valence-corrected chi connectivity index (χ4v) is 1.73. The van der Waals surface area contributed by atoms with Gasteiger partial charge < -0.3 is 14.2 Å². The van der Waals surface area contributed by atoms with Gasteiger partial charge in [-0.05, 0) is 18.2 Å². The lowest BCUT2D eigenvalue weighted by Crippen LogP contribution is -2.13. The SMILES string of the molecule is COc1cccc(OC(=S)Oc2cccc([N+](=O)[O-])c2)c1. The summed E-state index contributed by atoms with van der Waals surface area (Å²) >= 11 is 4.95. The normalized spacial score (nSPS) is 9.76. The molecule has 0 bridgehead atoms. The summed E-state index contributed by atoms with van der Waals surface area (Å²) in [7, 11) is 1.54. The largest absolute Gasteiger partial charge is 0.497 e. The molecule has 21 heavy (non-hydrogen) atoms. The molecule has 6 nitrogen and oxygen atoms in total. The monoisotopic (exact) mass is 305 g/mol. The van der Waals surface area contributed by atoms with Crippen LogP contribution in [0.15, 0.2) is 48.5 Å². The van der Waals surface area contributed by atoms with Crippen LogP contribution >= 0.6 is 12.2 Å². The van der Waals surface area contributed by atoms with Crippen molar-refractivity contribution in [2.45, 2.75) is 0 Å². The van der Waals surface area contributed by atoms with Gasteiger partial charge in [0.1, 0.15) is 17.2 Å². The molecule has 0 unspecified atom stereocenters. The van der Waals surface area contributed by atoms with Crippen LogP contribution in [0.4, 0.5) is 5.69 Å². The highest BCUT2D eigenvalue weighted by Crippen LogP contribution is 2.22. The molecule has 0 aliphatic heterocycles. The van der Waals surface area contributed by atoms with Crippen molar-refractivity contribution in [1.29, 1.82) is 0 Å². The van der Waals surface area contributed by atoms with Crippen LogP contribution in [0.2, 0.25) is 0 Å². The summed E-state index contributed by atoms with van der Waals surface area (Å²) in [5, 5.41) is 10.5. The molecule has 2 aromatic rings. The minimum Gasteiger partial charge on any atom is -0.497 e. The van der Waals surface area contributed by atoms with E-state index in [0.29, 0.717) is 11.5 Å². The Kier molecular flexibility index (Phi) is 4.68. The van der Waals surface area contributed by atoms with Crippen molar-refractivity contribution in [3.05, 3.63) is 58.6 Å². The second-order valence-electron chi connectivity index (χ2n) is 3.89. The van der Waals surface area contributed by atoms with Crippen molar-refractivity contribution in [1.82, 2.24) is 0 Å². The first-order valence-electron chi connectivity index (χ1n) is 5.86. The quantitative estimate of drug-likeness (QED) is 0.490. The molecule has 0 atom stereocenters. The highest BCUT2D eigenvalue weighted by molar-refractivity contribution is 7.79. The van der Waals surface area contributed by atoms with Crippen molar-refractivity contribution in [3.8, 4) is 17.2 Å². The van der Waals surface area contributed by atoms with Gasteiger partial charge in [-0.1, -0.05) is 12.1 Å². The Balaban J connectivity index is 2.04. The van der Waals surface area contributed by atoms with Gasteiger partial charge in [0.25, 0.3) is 5.69 Å². The van der Waals surface area contributed by atoms with E-state index in [4.69, 9.17) is 26.4 Å². The van der Waals surface area contributed by atoms with Gasteiger partial charge in [-0.25, -0.2) is 0 Å². The van der Waals surface area contributed by atoms with E-state index in [-0.39, 0.29) is 16.7 Å². The van der Waals surface area contributed by atoms with Crippen molar-refractivity contribution < 1.29 is 19.1 Å². The average molecular weight is 305 g/mol. The van der Waals surface area contributed by atoms with Gasteiger partial charge >= 0.3 is 5.24 Å². The summed E-state index contributed by atoms with van der Waals surface area (Å²) in [6.07, 6.45) is 0. The Morgan fingerprint density at radius 3 is 2.24 bits per heavy atom. The maximum Gasteiger partial charge on any atom is 0.363 e. The maximum atomic E-state index is 10.7. The molecular formula is C14H11NO5S. The lowest BCUT2D eigenvalue weighted by Gasteiger charge is -2.09. The molecule has 108 valence electrons. The van der Waals surface area contributed by atoms with Gasteiger partial charge in [0, 0.05) is 24.4 Å². The van der Waals surface area contributed by atoms with Crippen molar-refractivity contribution in [2.75, 3.05) is 7.11 Å². The Hall–Kier alpha value is -2.67. The lowest BCUT2D eigenvalue weighted by atomic mass is 10.3. The zero-order valence-electron chi connectivity index (χ0n) is 11.0.